The van der Waals surface area contributed by atoms with Gasteiger partial charge in [-0.3, -0.25) is 4.90 Å². The largest absolute Gasteiger partial charge is 0.397 e. The lowest BCUT2D eigenvalue weighted by Crippen LogP contribution is -2.27. The average Bonchev–Trinajstić information content (AvgIpc) is 2.85. The van der Waals surface area contributed by atoms with Crippen molar-refractivity contribution >= 4 is 0 Å². The van der Waals surface area contributed by atoms with Gasteiger partial charge in [0.05, 0.1) is 46.4 Å². The van der Waals surface area contributed by atoms with E-state index in [0.717, 1.165) is 19.6 Å². The first kappa shape index (κ1) is 34.2. The first-order valence-electron chi connectivity index (χ1n) is 11.4. The average molecular weight is 484 g/mol. The number of aliphatic hydroxyl groups is 4. The minimum atomic E-state index is -0.250. The van der Waals surface area contributed by atoms with Gasteiger partial charge < -0.3 is 41.4 Å². The van der Waals surface area contributed by atoms with E-state index in [9.17, 15) is 0 Å². The maximum Gasteiger partial charge on any atom is 0.0906 e. The molecule has 9 heteroatoms. The zero-order valence-corrected chi connectivity index (χ0v) is 20.5. The Morgan fingerprint density at radius 3 is 1.41 bits per heavy atom. The highest BCUT2D eigenvalue weighted by atomic mass is 16.5. The van der Waals surface area contributed by atoms with Crippen LogP contribution < -0.4 is 11.5 Å². The molecule has 2 rings (SSSR count). The van der Waals surface area contributed by atoms with Crippen LogP contribution in [-0.4, -0.2) is 91.4 Å². The van der Waals surface area contributed by atoms with Gasteiger partial charge in [-0.2, -0.15) is 0 Å². The summed E-state index contributed by atoms with van der Waals surface area (Å²) in [7, 11) is 0. The second-order valence-electron chi connectivity index (χ2n) is 6.64. The zero-order valence-electron chi connectivity index (χ0n) is 20.5. The molecular weight excluding hydrogens is 438 g/mol. The maximum absolute atomic E-state index is 8.76. The molecule has 0 fully saturated rings. The molecule has 0 amide bonds. The molecule has 0 heterocycles. The third kappa shape index (κ3) is 24.7. The number of benzene rings is 2. The number of nitrogens with two attached hydrogens (primary N) is 2. The molecule has 0 atom stereocenters. The highest BCUT2D eigenvalue weighted by molar-refractivity contribution is 5.17. The molecule has 0 unspecified atom stereocenters. The van der Waals surface area contributed by atoms with Crippen molar-refractivity contribution in [3.63, 3.8) is 0 Å². The summed E-state index contributed by atoms with van der Waals surface area (Å²) in [6, 6.07) is 20.9. The molecule has 0 aliphatic heterocycles. The van der Waals surface area contributed by atoms with Gasteiger partial charge >= 0.3 is 0 Å². The van der Waals surface area contributed by atoms with Crippen LogP contribution in [-0.2, 0) is 22.6 Å². The molecule has 0 aliphatic carbocycles. The minimum Gasteiger partial charge on any atom is -0.397 e. The number of aliphatic hydroxyl groups excluding tert-OH is 4. The van der Waals surface area contributed by atoms with E-state index in [-0.39, 0.29) is 26.6 Å². The lowest BCUT2D eigenvalue weighted by Gasteiger charge is -2.22. The Morgan fingerprint density at radius 1 is 0.676 bits per heavy atom. The lowest BCUT2D eigenvalue weighted by atomic mass is 10.1. The standard InChI is InChI=1S/C18H23NO2.C4H11NO2.C2H6O.CH5NO/c20-12-14-21-13-11-19(15-17-7-3-1-4-8-17)16-18-9-5-2-6-10-18;5-1-3-7-4-2-6;1-2-3;2-1-3/h1-10,20H,11-16H2;6H,1-5H2;3H,2H2,1H3;3H,1-2H2. The normalized spacial score (nSPS) is 9.76. The van der Waals surface area contributed by atoms with Crippen molar-refractivity contribution in [3.8, 4) is 0 Å². The van der Waals surface area contributed by atoms with Gasteiger partial charge in [-0.15, -0.1) is 0 Å². The Balaban J connectivity index is 0. The number of hydrogen-bond donors (Lipinski definition) is 6. The van der Waals surface area contributed by atoms with Crippen LogP contribution in [0.25, 0.3) is 0 Å². The van der Waals surface area contributed by atoms with E-state index in [2.05, 4.69) is 59.2 Å². The molecule has 0 aromatic heterocycles. The van der Waals surface area contributed by atoms with E-state index < -0.39 is 0 Å². The van der Waals surface area contributed by atoms with Crippen molar-refractivity contribution in [2.75, 3.05) is 66.1 Å². The van der Waals surface area contributed by atoms with Crippen LogP contribution in [0.1, 0.15) is 18.1 Å². The predicted octanol–water partition coefficient (Wildman–Crippen LogP) is 0.545. The van der Waals surface area contributed by atoms with Gasteiger partial charge in [-0.05, 0) is 18.1 Å². The van der Waals surface area contributed by atoms with Crippen LogP contribution >= 0.6 is 0 Å². The summed E-state index contributed by atoms with van der Waals surface area (Å²) in [5.41, 5.74) is 12.1. The van der Waals surface area contributed by atoms with E-state index in [1.807, 2.05) is 12.1 Å². The first-order valence-corrected chi connectivity index (χ1v) is 11.4. The highest BCUT2D eigenvalue weighted by Gasteiger charge is 2.07. The van der Waals surface area contributed by atoms with Gasteiger partial charge in [0.1, 0.15) is 0 Å². The Labute approximate surface area is 204 Å². The SMILES string of the molecule is CCO.NCCOCCO.NCO.OCCOCCN(Cc1ccccc1)Cc1ccccc1. The molecule has 34 heavy (non-hydrogen) atoms. The predicted molar refractivity (Wildman–Crippen MR) is 136 cm³/mol. The summed E-state index contributed by atoms with van der Waals surface area (Å²) in [6.45, 7) is 7.01. The van der Waals surface area contributed by atoms with E-state index in [4.69, 9.17) is 35.6 Å². The molecule has 0 saturated heterocycles. The Kier molecular flexibility index (Phi) is 29.3. The first-order chi connectivity index (χ1) is 16.6. The van der Waals surface area contributed by atoms with Gasteiger partial charge in [0.15, 0.2) is 0 Å². The number of ether oxygens (including phenoxy) is 2. The topological polar surface area (TPSA) is 155 Å². The van der Waals surface area contributed by atoms with Gasteiger partial charge in [-0.1, -0.05) is 60.7 Å². The molecule has 8 N–H and O–H groups in total. The monoisotopic (exact) mass is 483 g/mol. The van der Waals surface area contributed by atoms with Crippen LogP contribution in [0, 0.1) is 0 Å². The van der Waals surface area contributed by atoms with Gasteiger partial charge in [0, 0.05) is 32.8 Å². The molecule has 0 aliphatic rings. The van der Waals surface area contributed by atoms with E-state index in [1.54, 1.807) is 6.92 Å². The second-order valence-corrected chi connectivity index (χ2v) is 6.64. The third-order valence-electron chi connectivity index (χ3n) is 3.78. The van der Waals surface area contributed by atoms with Crippen molar-refractivity contribution in [1.29, 1.82) is 0 Å². The summed E-state index contributed by atoms with van der Waals surface area (Å²) in [6.07, 6.45) is 0. The van der Waals surface area contributed by atoms with Crippen LogP contribution in [0.5, 0.6) is 0 Å². The molecule has 0 spiro atoms. The third-order valence-corrected chi connectivity index (χ3v) is 3.78. The van der Waals surface area contributed by atoms with Gasteiger partial charge in [0.25, 0.3) is 0 Å². The maximum atomic E-state index is 8.76. The Bertz CT molecular complexity index is 561. The summed E-state index contributed by atoms with van der Waals surface area (Å²) in [5.74, 6) is 0. The molecule has 196 valence electrons. The van der Waals surface area contributed by atoms with Crippen LogP contribution in [0.3, 0.4) is 0 Å². The van der Waals surface area contributed by atoms with E-state index in [1.165, 1.54) is 11.1 Å². The Hall–Kier alpha value is -1.92. The fourth-order valence-electron chi connectivity index (χ4n) is 2.51. The van der Waals surface area contributed by atoms with Crippen LogP contribution in [0.4, 0.5) is 0 Å². The molecule has 0 bridgehead atoms. The van der Waals surface area contributed by atoms with Crippen LogP contribution in [0.2, 0.25) is 0 Å². The quantitative estimate of drug-likeness (QED) is 0.177. The zero-order chi connectivity index (χ0) is 25.7. The van der Waals surface area contributed by atoms with Crippen molar-refractivity contribution in [1.82, 2.24) is 4.90 Å². The lowest BCUT2D eigenvalue weighted by molar-refractivity contribution is 0.0703. The number of nitrogens with zero attached hydrogens (tertiary/aromatic N) is 1. The van der Waals surface area contributed by atoms with Crippen molar-refractivity contribution in [2.45, 2.75) is 20.0 Å². The second kappa shape index (κ2) is 29.1. The summed E-state index contributed by atoms with van der Waals surface area (Å²) < 4.78 is 10.2. The highest BCUT2D eigenvalue weighted by Crippen LogP contribution is 2.09. The van der Waals surface area contributed by atoms with E-state index >= 15 is 0 Å². The smallest absolute Gasteiger partial charge is 0.0906 e. The summed E-state index contributed by atoms with van der Waals surface area (Å²) >= 11 is 0. The molecule has 0 saturated carbocycles. The van der Waals surface area contributed by atoms with Crippen LogP contribution in [0.15, 0.2) is 60.7 Å². The minimum absolute atomic E-state index is 0.0807. The van der Waals surface area contributed by atoms with Crippen molar-refractivity contribution in [2.24, 2.45) is 11.5 Å². The molecule has 0 radical (unpaired) electrons. The molecular formula is C25H45N3O6. The molecule has 9 nitrogen and oxygen atoms in total. The Morgan fingerprint density at radius 2 is 1.06 bits per heavy atom. The molecule has 2 aromatic rings. The van der Waals surface area contributed by atoms with Gasteiger partial charge in [0.2, 0.25) is 0 Å². The van der Waals surface area contributed by atoms with Crippen molar-refractivity contribution in [3.05, 3.63) is 71.8 Å². The summed E-state index contributed by atoms with van der Waals surface area (Å²) in [4.78, 5) is 2.36. The summed E-state index contributed by atoms with van der Waals surface area (Å²) in [5, 5.41) is 31.8. The van der Waals surface area contributed by atoms with E-state index in [0.29, 0.717) is 33.0 Å². The number of hydrogen-bond acceptors (Lipinski definition) is 9. The number of rotatable bonds is 13. The van der Waals surface area contributed by atoms with Gasteiger partial charge in [-0.25, -0.2) is 0 Å². The fraction of sp³-hybridized carbons (Fsp3) is 0.520. The van der Waals surface area contributed by atoms with Crippen molar-refractivity contribution < 1.29 is 29.9 Å². The fourth-order valence-corrected chi connectivity index (χ4v) is 2.51. The molecule has 2 aromatic carbocycles.